The Morgan fingerprint density at radius 1 is 1.27 bits per heavy atom. The van der Waals surface area contributed by atoms with Crippen molar-refractivity contribution >= 4 is 22.6 Å². The van der Waals surface area contributed by atoms with Gasteiger partial charge in [0.05, 0.1) is 5.69 Å². The van der Waals surface area contributed by atoms with E-state index in [4.69, 9.17) is 0 Å². The Balaban J connectivity index is 2.21. The first kappa shape index (κ1) is 16.4. The van der Waals surface area contributed by atoms with Crippen LogP contribution in [0.1, 0.15) is 20.3 Å². The third kappa shape index (κ3) is 3.62. The van der Waals surface area contributed by atoms with Crippen LogP contribution in [0.4, 0.5) is 14.2 Å². The molecule has 0 aliphatic rings. The van der Waals surface area contributed by atoms with Crippen LogP contribution in [0.2, 0.25) is 0 Å². The number of benzene rings is 1. The van der Waals surface area contributed by atoms with Gasteiger partial charge in [0, 0.05) is 31.8 Å². The average Bonchev–Trinajstić information content (AvgIpc) is 2.98. The van der Waals surface area contributed by atoms with Crippen LogP contribution in [0.5, 0.6) is 0 Å². The number of hydrogen-bond acceptors (Lipinski definition) is 3. The molecule has 1 heterocycles. The number of anilines is 1. The summed E-state index contributed by atoms with van der Waals surface area (Å²) in [4.78, 5) is 15.9. The average molecular weight is 321 g/mol. The van der Waals surface area contributed by atoms with E-state index in [2.05, 4.69) is 4.37 Å². The van der Waals surface area contributed by atoms with Crippen LogP contribution < -0.4 is 4.90 Å². The van der Waals surface area contributed by atoms with Crippen LogP contribution in [0.25, 0.3) is 11.3 Å². The lowest BCUT2D eigenvalue weighted by atomic mass is 10.1. The molecule has 0 saturated heterocycles. The molecule has 6 heteroatoms. The molecule has 0 atom stereocenters. The van der Waals surface area contributed by atoms with Crippen LogP contribution in [0.3, 0.4) is 0 Å². The molecule has 0 bridgehead atoms. The predicted octanol–water partition coefficient (Wildman–Crippen LogP) is 4.24. The standard InChI is InChI=1S/C16H20FN3OS/c1-4-10-19(3)16(21)20(5-2)15-11-14(18-22-15)12-6-8-13(17)9-7-12/h6-9,11H,4-5,10H2,1-3H3. The Labute approximate surface area is 134 Å². The second-order valence-corrected chi connectivity index (χ2v) is 5.79. The molecule has 1 aromatic carbocycles. The number of amides is 2. The highest BCUT2D eigenvalue weighted by Gasteiger charge is 2.20. The Kier molecular flexibility index (Phi) is 5.49. The van der Waals surface area contributed by atoms with Crippen molar-refractivity contribution in [3.63, 3.8) is 0 Å². The fourth-order valence-electron chi connectivity index (χ4n) is 2.17. The van der Waals surface area contributed by atoms with E-state index in [9.17, 15) is 9.18 Å². The van der Waals surface area contributed by atoms with Gasteiger partial charge in [-0.2, -0.15) is 4.37 Å². The number of urea groups is 1. The highest BCUT2D eigenvalue weighted by Crippen LogP contribution is 2.29. The van der Waals surface area contributed by atoms with Crippen molar-refractivity contribution in [3.8, 4) is 11.3 Å². The molecule has 1 aromatic heterocycles. The van der Waals surface area contributed by atoms with E-state index in [0.29, 0.717) is 6.54 Å². The molecule has 2 amide bonds. The second kappa shape index (κ2) is 7.35. The van der Waals surface area contributed by atoms with Crippen LogP contribution in [-0.4, -0.2) is 35.4 Å². The minimum atomic E-state index is -0.272. The van der Waals surface area contributed by atoms with E-state index in [-0.39, 0.29) is 11.8 Å². The zero-order valence-corrected chi connectivity index (χ0v) is 13.9. The number of carbonyl (C=O) groups excluding carboxylic acids is 1. The van der Waals surface area contributed by atoms with Gasteiger partial charge in [-0.3, -0.25) is 4.90 Å². The first-order valence-electron chi connectivity index (χ1n) is 7.32. The van der Waals surface area contributed by atoms with Crippen molar-refractivity contribution in [2.75, 3.05) is 25.0 Å². The Bertz CT molecular complexity index is 627. The van der Waals surface area contributed by atoms with Crippen LogP contribution in [0, 0.1) is 5.82 Å². The van der Waals surface area contributed by atoms with E-state index < -0.39 is 0 Å². The van der Waals surface area contributed by atoms with E-state index >= 15 is 0 Å². The quantitative estimate of drug-likeness (QED) is 0.826. The predicted molar refractivity (Wildman–Crippen MR) is 88.8 cm³/mol. The first-order valence-corrected chi connectivity index (χ1v) is 8.09. The van der Waals surface area contributed by atoms with Gasteiger partial charge in [-0.15, -0.1) is 0 Å². The number of carbonyl (C=O) groups is 1. The van der Waals surface area contributed by atoms with Gasteiger partial charge in [0.25, 0.3) is 0 Å². The third-order valence-electron chi connectivity index (χ3n) is 3.34. The molecular weight excluding hydrogens is 301 g/mol. The molecule has 0 unspecified atom stereocenters. The lowest BCUT2D eigenvalue weighted by molar-refractivity contribution is 0.216. The monoisotopic (exact) mass is 321 g/mol. The molecular formula is C16H20FN3OS. The van der Waals surface area contributed by atoms with Crippen molar-refractivity contribution in [2.24, 2.45) is 0 Å². The summed E-state index contributed by atoms with van der Waals surface area (Å²) in [7, 11) is 1.80. The van der Waals surface area contributed by atoms with Gasteiger partial charge in [0.2, 0.25) is 0 Å². The molecule has 22 heavy (non-hydrogen) atoms. The maximum Gasteiger partial charge on any atom is 0.324 e. The first-order chi connectivity index (χ1) is 10.6. The summed E-state index contributed by atoms with van der Waals surface area (Å²) >= 11 is 1.28. The fourth-order valence-corrected chi connectivity index (χ4v) is 2.99. The highest BCUT2D eigenvalue weighted by atomic mass is 32.1. The van der Waals surface area contributed by atoms with Crippen molar-refractivity contribution in [3.05, 3.63) is 36.1 Å². The van der Waals surface area contributed by atoms with Gasteiger partial charge in [0.15, 0.2) is 0 Å². The largest absolute Gasteiger partial charge is 0.327 e. The Hall–Kier alpha value is -1.95. The Morgan fingerprint density at radius 2 is 1.95 bits per heavy atom. The lowest BCUT2D eigenvalue weighted by Gasteiger charge is -2.25. The zero-order valence-electron chi connectivity index (χ0n) is 13.0. The minimum Gasteiger partial charge on any atom is -0.327 e. The summed E-state index contributed by atoms with van der Waals surface area (Å²) in [6.45, 7) is 5.28. The summed E-state index contributed by atoms with van der Waals surface area (Å²) in [6, 6.07) is 8.04. The van der Waals surface area contributed by atoms with Gasteiger partial charge < -0.3 is 4.90 Å². The summed E-state index contributed by atoms with van der Waals surface area (Å²) in [5.74, 6) is -0.272. The maximum atomic E-state index is 13.0. The van der Waals surface area contributed by atoms with E-state index in [1.807, 2.05) is 19.9 Å². The Morgan fingerprint density at radius 3 is 2.55 bits per heavy atom. The number of nitrogens with zero attached hydrogens (tertiary/aromatic N) is 3. The summed E-state index contributed by atoms with van der Waals surface area (Å²) in [6.07, 6.45) is 0.920. The molecule has 2 rings (SSSR count). The van der Waals surface area contributed by atoms with E-state index in [1.165, 1.54) is 23.7 Å². The van der Waals surface area contributed by atoms with Crippen molar-refractivity contribution in [1.29, 1.82) is 0 Å². The molecule has 0 saturated carbocycles. The molecule has 0 N–H and O–H groups in total. The normalized spacial score (nSPS) is 10.5. The van der Waals surface area contributed by atoms with E-state index in [1.54, 1.807) is 29.0 Å². The van der Waals surface area contributed by atoms with Crippen molar-refractivity contribution in [2.45, 2.75) is 20.3 Å². The minimum absolute atomic E-state index is 0.0290. The van der Waals surface area contributed by atoms with Gasteiger partial charge in [-0.25, -0.2) is 9.18 Å². The van der Waals surface area contributed by atoms with Crippen molar-refractivity contribution in [1.82, 2.24) is 9.27 Å². The number of aromatic nitrogens is 1. The molecule has 2 aromatic rings. The van der Waals surface area contributed by atoms with Crippen LogP contribution >= 0.6 is 11.5 Å². The number of rotatable bonds is 5. The molecule has 0 radical (unpaired) electrons. The van der Waals surface area contributed by atoms with E-state index in [0.717, 1.165) is 29.2 Å². The van der Waals surface area contributed by atoms with Crippen molar-refractivity contribution < 1.29 is 9.18 Å². The smallest absolute Gasteiger partial charge is 0.324 e. The highest BCUT2D eigenvalue weighted by molar-refractivity contribution is 7.10. The van der Waals surface area contributed by atoms with Gasteiger partial charge in [0.1, 0.15) is 10.8 Å². The maximum absolute atomic E-state index is 13.0. The number of hydrogen-bond donors (Lipinski definition) is 0. The summed E-state index contributed by atoms with van der Waals surface area (Å²) < 4.78 is 17.4. The second-order valence-electron chi connectivity index (χ2n) is 5.01. The van der Waals surface area contributed by atoms with Gasteiger partial charge >= 0.3 is 6.03 Å². The third-order valence-corrected chi connectivity index (χ3v) is 4.15. The van der Waals surface area contributed by atoms with Gasteiger partial charge in [-0.05, 0) is 49.1 Å². The molecule has 0 aliphatic heterocycles. The number of halogens is 1. The van der Waals surface area contributed by atoms with Gasteiger partial charge in [-0.1, -0.05) is 6.92 Å². The topological polar surface area (TPSA) is 36.4 Å². The summed E-state index contributed by atoms with van der Waals surface area (Å²) in [5.41, 5.74) is 1.60. The molecule has 0 spiro atoms. The zero-order chi connectivity index (χ0) is 16.1. The SMILES string of the molecule is CCCN(C)C(=O)N(CC)c1cc(-c2ccc(F)cc2)ns1. The fraction of sp³-hybridized carbons (Fsp3) is 0.375. The molecule has 118 valence electrons. The van der Waals surface area contributed by atoms with Crippen LogP contribution in [0.15, 0.2) is 30.3 Å². The molecule has 0 fully saturated rings. The summed E-state index contributed by atoms with van der Waals surface area (Å²) in [5, 5.41) is 0.801. The molecule has 4 nitrogen and oxygen atoms in total. The molecule has 0 aliphatic carbocycles. The lowest BCUT2D eigenvalue weighted by Crippen LogP contribution is -2.41. The van der Waals surface area contributed by atoms with Crippen LogP contribution in [-0.2, 0) is 0 Å².